The van der Waals surface area contributed by atoms with Crippen LogP contribution >= 0.6 is 31.9 Å². The smallest absolute Gasteiger partial charge is 0.233 e. The largest absolute Gasteiger partial charge is 0.438 e. The second-order valence-corrected chi connectivity index (χ2v) is 5.28. The topological polar surface area (TPSA) is 48.1 Å². The van der Waals surface area contributed by atoms with E-state index in [9.17, 15) is 0 Å². The van der Waals surface area contributed by atoms with Crippen molar-refractivity contribution in [2.24, 2.45) is 0 Å². The maximum atomic E-state index is 5.82. The first-order valence-corrected chi connectivity index (χ1v) is 6.50. The second-order valence-electron chi connectivity index (χ2n) is 3.51. The van der Waals surface area contributed by atoms with Crippen LogP contribution in [0, 0.1) is 6.92 Å². The van der Waals surface area contributed by atoms with Crippen molar-refractivity contribution >= 4 is 37.5 Å². The van der Waals surface area contributed by atoms with Gasteiger partial charge in [-0.05, 0) is 57.0 Å². The lowest BCUT2D eigenvalue weighted by atomic mass is 10.2. The van der Waals surface area contributed by atoms with Gasteiger partial charge >= 0.3 is 0 Å². The molecule has 2 rings (SSSR count). The molecule has 0 saturated carbocycles. The van der Waals surface area contributed by atoms with E-state index in [1.54, 1.807) is 6.20 Å². The molecule has 1 aromatic heterocycles. The van der Waals surface area contributed by atoms with Crippen molar-refractivity contribution < 1.29 is 4.74 Å². The van der Waals surface area contributed by atoms with Crippen LogP contribution in [-0.2, 0) is 0 Å². The van der Waals surface area contributed by atoms with Gasteiger partial charge in [0.2, 0.25) is 5.88 Å². The van der Waals surface area contributed by atoms with Crippen LogP contribution in [0.3, 0.4) is 0 Å². The molecule has 5 heteroatoms. The summed E-state index contributed by atoms with van der Waals surface area (Å²) in [7, 11) is 0. The minimum absolute atomic E-state index is 0.516. The summed E-state index contributed by atoms with van der Waals surface area (Å²) in [4.78, 5) is 4.19. The molecule has 1 heterocycles. The number of benzene rings is 1. The SMILES string of the molecule is Cc1c(N)cccc1Oc1ncc(Br)cc1Br. The van der Waals surface area contributed by atoms with Crippen LogP contribution in [0.4, 0.5) is 5.69 Å². The van der Waals surface area contributed by atoms with E-state index >= 15 is 0 Å². The van der Waals surface area contributed by atoms with E-state index < -0.39 is 0 Å². The number of nitrogen functional groups attached to an aromatic ring is 1. The average molecular weight is 358 g/mol. The lowest BCUT2D eigenvalue weighted by molar-refractivity contribution is 0.456. The number of aromatic nitrogens is 1. The van der Waals surface area contributed by atoms with Crippen molar-refractivity contribution in [3.63, 3.8) is 0 Å². The maximum Gasteiger partial charge on any atom is 0.233 e. The molecule has 0 spiro atoms. The first kappa shape index (κ1) is 12.4. The van der Waals surface area contributed by atoms with E-state index in [4.69, 9.17) is 10.5 Å². The van der Waals surface area contributed by atoms with Crippen molar-refractivity contribution in [1.29, 1.82) is 0 Å². The molecule has 3 nitrogen and oxygen atoms in total. The number of nitrogens with zero attached hydrogens (tertiary/aromatic N) is 1. The van der Waals surface area contributed by atoms with E-state index in [0.29, 0.717) is 17.3 Å². The zero-order chi connectivity index (χ0) is 12.4. The summed E-state index contributed by atoms with van der Waals surface area (Å²) >= 11 is 6.74. The first-order chi connectivity index (χ1) is 8.08. The number of pyridine rings is 1. The molecule has 0 fully saturated rings. The van der Waals surface area contributed by atoms with Crippen molar-refractivity contribution in [3.05, 3.63) is 45.0 Å². The Morgan fingerprint density at radius 1 is 1.29 bits per heavy atom. The van der Waals surface area contributed by atoms with E-state index in [2.05, 4.69) is 36.8 Å². The number of rotatable bonds is 2. The number of nitrogens with two attached hydrogens (primary N) is 1. The monoisotopic (exact) mass is 356 g/mol. The van der Waals surface area contributed by atoms with Crippen LogP contribution < -0.4 is 10.5 Å². The zero-order valence-corrected chi connectivity index (χ0v) is 12.2. The van der Waals surface area contributed by atoms with Gasteiger partial charge in [0.25, 0.3) is 0 Å². The lowest BCUT2D eigenvalue weighted by Gasteiger charge is -2.10. The van der Waals surface area contributed by atoms with Crippen LogP contribution in [-0.4, -0.2) is 4.98 Å². The van der Waals surface area contributed by atoms with E-state index in [0.717, 1.165) is 14.5 Å². The molecule has 0 bridgehead atoms. The van der Waals surface area contributed by atoms with Crippen LogP contribution in [0.2, 0.25) is 0 Å². The Balaban J connectivity index is 2.35. The molecule has 0 aliphatic rings. The molecular formula is C12H10Br2N2O. The normalized spacial score (nSPS) is 10.3. The Hall–Kier alpha value is -1.07. The molecule has 88 valence electrons. The average Bonchev–Trinajstić information content (AvgIpc) is 2.28. The second kappa shape index (κ2) is 5.06. The Morgan fingerprint density at radius 3 is 2.76 bits per heavy atom. The summed E-state index contributed by atoms with van der Waals surface area (Å²) in [5.74, 6) is 1.22. The van der Waals surface area contributed by atoms with Gasteiger partial charge in [0.05, 0.1) is 4.47 Å². The van der Waals surface area contributed by atoms with Gasteiger partial charge in [-0.3, -0.25) is 0 Å². The van der Waals surface area contributed by atoms with Gasteiger partial charge < -0.3 is 10.5 Å². The van der Waals surface area contributed by atoms with Crippen LogP contribution in [0.5, 0.6) is 11.6 Å². The summed E-state index contributed by atoms with van der Waals surface area (Å²) in [5, 5.41) is 0. The first-order valence-electron chi connectivity index (χ1n) is 4.92. The number of anilines is 1. The Morgan fingerprint density at radius 2 is 2.06 bits per heavy atom. The minimum Gasteiger partial charge on any atom is -0.438 e. The molecule has 0 aliphatic carbocycles. The summed E-state index contributed by atoms with van der Waals surface area (Å²) in [6, 6.07) is 7.43. The molecule has 2 aromatic rings. The molecule has 0 unspecified atom stereocenters. The number of ether oxygens (including phenoxy) is 1. The molecular weight excluding hydrogens is 348 g/mol. The van der Waals surface area contributed by atoms with Crippen LogP contribution in [0.15, 0.2) is 39.4 Å². The van der Waals surface area contributed by atoms with Crippen molar-refractivity contribution in [2.45, 2.75) is 6.92 Å². The highest BCUT2D eigenvalue weighted by Crippen LogP contribution is 2.32. The van der Waals surface area contributed by atoms with Crippen LogP contribution in [0.25, 0.3) is 0 Å². The van der Waals surface area contributed by atoms with Gasteiger partial charge in [0.1, 0.15) is 5.75 Å². The fourth-order valence-corrected chi connectivity index (χ4v) is 2.39. The van der Waals surface area contributed by atoms with Gasteiger partial charge in [0, 0.05) is 21.9 Å². The van der Waals surface area contributed by atoms with Crippen molar-refractivity contribution in [1.82, 2.24) is 4.98 Å². The van der Waals surface area contributed by atoms with Gasteiger partial charge in [-0.25, -0.2) is 4.98 Å². The summed E-state index contributed by atoms with van der Waals surface area (Å²) in [6.45, 7) is 1.91. The fourth-order valence-electron chi connectivity index (χ4n) is 1.32. The summed E-state index contributed by atoms with van der Waals surface area (Å²) in [5.41, 5.74) is 7.43. The summed E-state index contributed by atoms with van der Waals surface area (Å²) < 4.78 is 7.39. The predicted molar refractivity (Wildman–Crippen MR) is 75.3 cm³/mol. The maximum absolute atomic E-state index is 5.82. The molecule has 0 aliphatic heterocycles. The summed E-state index contributed by atoms with van der Waals surface area (Å²) in [6.07, 6.45) is 1.68. The zero-order valence-electron chi connectivity index (χ0n) is 9.08. The number of hydrogen-bond donors (Lipinski definition) is 1. The Bertz CT molecular complexity index is 558. The van der Waals surface area contributed by atoms with Gasteiger partial charge in [-0.1, -0.05) is 6.07 Å². The highest BCUT2D eigenvalue weighted by Gasteiger charge is 2.08. The fraction of sp³-hybridized carbons (Fsp3) is 0.0833. The highest BCUT2D eigenvalue weighted by atomic mass is 79.9. The van der Waals surface area contributed by atoms with Gasteiger partial charge in [-0.15, -0.1) is 0 Å². The number of hydrogen-bond acceptors (Lipinski definition) is 3. The molecule has 0 saturated heterocycles. The third-order valence-electron chi connectivity index (χ3n) is 2.31. The van der Waals surface area contributed by atoms with Crippen LogP contribution in [0.1, 0.15) is 5.56 Å². The molecule has 0 atom stereocenters. The minimum atomic E-state index is 0.516. The van der Waals surface area contributed by atoms with E-state index in [-0.39, 0.29) is 0 Å². The highest BCUT2D eigenvalue weighted by molar-refractivity contribution is 9.11. The molecule has 2 N–H and O–H groups in total. The molecule has 0 amide bonds. The third-order valence-corrected chi connectivity index (χ3v) is 3.31. The van der Waals surface area contributed by atoms with Crippen molar-refractivity contribution in [2.75, 3.05) is 5.73 Å². The quantitative estimate of drug-likeness (QED) is 0.815. The molecule has 1 aromatic carbocycles. The third kappa shape index (κ3) is 2.79. The lowest BCUT2D eigenvalue weighted by Crippen LogP contribution is -1.95. The van der Waals surface area contributed by atoms with Crippen molar-refractivity contribution in [3.8, 4) is 11.6 Å². The molecule has 0 radical (unpaired) electrons. The molecule has 17 heavy (non-hydrogen) atoms. The predicted octanol–water partition coefficient (Wildman–Crippen LogP) is 4.29. The standard InChI is InChI=1S/C12H10Br2N2O/c1-7-10(15)3-2-4-11(7)17-12-9(14)5-8(13)6-16-12/h2-6H,15H2,1H3. The van der Waals surface area contributed by atoms with Gasteiger partial charge in [-0.2, -0.15) is 0 Å². The van der Waals surface area contributed by atoms with E-state index in [1.807, 2.05) is 31.2 Å². The Labute approximate surface area is 116 Å². The van der Waals surface area contributed by atoms with E-state index in [1.165, 1.54) is 0 Å². The number of halogens is 2. The Kier molecular flexibility index (Phi) is 3.69. The van der Waals surface area contributed by atoms with Gasteiger partial charge in [0.15, 0.2) is 0 Å².